The van der Waals surface area contributed by atoms with Gasteiger partial charge in [-0.1, -0.05) is 13.8 Å². The van der Waals surface area contributed by atoms with Crippen molar-refractivity contribution in [2.75, 3.05) is 0 Å². The number of quaternary nitrogens is 1. The summed E-state index contributed by atoms with van der Waals surface area (Å²) in [6, 6.07) is -0.373. The molecule has 0 aromatic heterocycles. The van der Waals surface area contributed by atoms with Crippen LogP contribution in [0.5, 0.6) is 0 Å². The number of carbonyl (C=O) groups is 1. The van der Waals surface area contributed by atoms with E-state index in [1.54, 1.807) is 0 Å². The summed E-state index contributed by atoms with van der Waals surface area (Å²) in [5, 5.41) is 1.27. The van der Waals surface area contributed by atoms with E-state index in [4.69, 9.17) is 5.73 Å². The molecule has 3 heteroatoms. The van der Waals surface area contributed by atoms with Crippen molar-refractivity contribution in [3.05, 3.63) is 7.05 Å². The molecule has 4 N–H and O–H groups in total. The highest BCUT2D eigenvalue weighted by atomic mass is 16.2. The first-order valence-electron chi connectivity index (χ1n) is 3.01. The van der Waals surface area contributed by atoms with Crippen LogP contribution < -0.4 is 11.1 Å². The molecule has 0 unspecified atom stereocenters. The van der Waals surface area contributed by atoms with Gasteiger partial charge in [-0.2, -0.15) is 0 Å². The van der Waals surface area contributed by atoms with E-state index in [1.807, 2.05) is 13.8 Å². The second kappa shape index (κ2) is 3.58. The summed E-state index contributed by atoms with van der Waals surface area (Å²) in [6.45, 7) is 3.82. The van der Waals surface area contributed by atoms with Gasteiger partial charge in [-0.25, -0.2) is 4.79 Å². The van der Waals surface area contributed by atoms with Gasteiger partial charge in [-0.15, -0.1) is 7.05 Å². The van der Waals surface area contributed by atoms with Crippen LogP contribution in [-0.4, -0.2) is 11.9 Å². The zero-order chi connectivity index (χ0) is 7.44. The fourth-order valence-electron chi connectivity index (χ4n) is 0.465. The minimum Gasteiger partial charge on any atom is -0.414 e. The van der Waals surface area contributed by atoms with Crippen molar-refractivity contribution in [1.29, 1.82) is 0 Å². The Morgan fingerprint density at radius 3 is 2.22 bits per heavy atom. The molecule has 0 aromatic carbocycles. The van der Waals surface area contributed by atoms with E-state index in [9.17, 15) is 4.79 Å². The monoisotopic (exact) mass is 130 g/mol. The van der Waals surface area contributed by atoms with E-state index in [0.717, 1.165) is 0 Å². The van der Waals surface area contributed by atoms with Crippen LogP contribution in [0, 0.1) is 13.0 Å². The summed E-state index contributed by atoms with van der Waals surface area (Å²) in [7, 11) is 3.33. The third-order valence-electron chi connectivity index (χ3n) is 1.25. The Hall–Kier alpha value is -0.410. The predicted octanol–water partition coefficient (Wildman–Crippen LogP) is -1.15. The third-order valence-corrected chi connectivity index (χ3v) is 1.25. The van der Waals surface area contributed by atoms with E-state index in [0.29, 0.717) is 0 Å². The van der Waals surface area contributed by atoms with E-state index in [-0.39, 0.29) is 17.9 Å². The van der Waals surface area contributed by atoms with Crippen LogP contribution in [0.25, 0.3) is 0 Å². The van der Waals surface area contributed by atoms with Crippen molar-refractivity contribution in [2.24, 2.45) is 11.7 Å². The van der Waals surface area contributed by atoms with Crippen LogP contribution in [0.2, 0.25) is 0 Å². The zero-order valence-electron chi connectivity index (χ0n) is 5.92. The molecule has 9 heavy (non-hydrogen) atoms. The molecule has 0 radical (unpaired) electrons. The van der Waals surface area contributed by atoms with Gasteiger partial charge in [0.05, 0.1) is 0 Å². The fraction of sp³-hybridized carbons (Fsp3) is 0.667. The van der Waals surface area contributed by atoms with Gasteiger partial charge in [-0.3, -0.25) is 0 Å². The van der Waals surface area contributed by atoms with Crippen LogP contribution in [-0.2, 0) is 4.79 Å². The van der Waals surface area contributed by atoms with Crippen molar-refractivity contribution in [3.63, 3.8) is 0 Å². The summed E-state index contributed by atoms with van der Waals surface area (Å²) in [5.74, 6) is 0.125. The van der Waals surface area contributed by atoms with E-state index >= 15 is 0 Å². The Bertz CT molecular complexity index is 101. The highest BCUT2D eigenvalue weighted by molar-refractivity contribution is 5.72. The molecule has 0 bridgehead atoms. The lowest BCUT2D eigenvalue weighted by molar-refractivity contribution is -0.508. The van der Waals surface area contributed by atoms with E-state index < -0.39 is 0 Å². The summed E-state index contributed by atoms with van der Waals surface area (Å²) in [4.78, 5) is 10.7. The van der Waals surface area contributed by atoms with Crippen LogP contribution >= 0.6 is 0 Å². The van der Waals surface area contributed by atoms with Gasteiger partial charge < -0.3 is 11.1 Å². The minimum atomic E-state index is -0.373. The number of carbonyl (C=O) groups excluding carboxylic acids is 1. The Labute approximate surface area is 55.6 Å². The average molecular weight is 130 g/mol. The van der Waals surface area contributed by atoms with Crippen molar-refractivity contribution in [1.82, 2.24) is 0 Å². The maximum absolute atomic E-state index is 10.7. The van der Waals surface area contributed by atoms with Crippen LogP contribution in [0.4, 0.5) is 0 Å². The maximum Gasteiger partial charge on any atom is 0.301 e. The average Bonchev–Trinajstić information content (AvgIpc) is 1.84. The quantitative estimate of drug-likeness (QED) is 0.464. The van der Waals surface area contributed by atoms with Crippen molar-refractivity contribution < 1.29 is 10.1 Å². The molecule has 3 nitrogen and oxygen atoms in total. The van der Waals surface area contributed by atoms with Gasteiger partial charge in [0, 0.05) is 0 Å². The smallest absolute Gasteiger partial charge is 0.301 e. The van der Waals surface area contributed by atoms with Gasteiger partial charge in [0.15, 0.2) is 0 Å². The highest BCUT2D eigenvalue weighted by Gasteiger charge is 2.16. The van der Waals surface area contributed by atoms with E-state index in [1.165, 1.54) is 5.32 Å². The number of nitrogens with two attached hydrogens (primary N) is 2. The van der Waals surface area contributed by atoms with Gasteiger partial charge in [0.2, 0.25) is 0 Å². The number of primary amides is 1. The Morgan fingerprint density at radius 2 is 2.11 bits per heavy atom. The van der Waals surface area contributed by atoms with Crippen LogP contribution in [0.1, 0.15) is 13.8 Å². The molecule has 0 rings (SSSR count). The Balaban J connectivity index is 3.72. The lowest BCUT2D eigenvalue weighted by Crippen LogP contribution is -2.85. The molecule has 54 valence electrons. The first-order valence-corrected chi connectivity index (χ1v) is 3.01. The molecule has 1 amide bonds. The largest absolute Gasteiger partial charge is 0.414 e. The standard InChI is InChI=1S/C6H14N2O/c1-4(2)5(7)6(9)8-3/h4-5H,3,7-8H2,1-2H3/t5-/m0/s1. The van der Waals surface area contributed by atoms with Crippen LogP contribution in [0.3, 0.4) is 0 Å². The number of hydrogen-bond donors (Lipinski definition) is 2. The van der Waals surface area contributed by atoms with Crippen LogP contribution in [0.15, 0.2) is 0 Å². The molecule has 0 heterocycles. The molecule has 0 fully saturated rings. The molecule has 0 aliphatic carbocycles. The summed E-state index contributed by atoms with van der Waals surface area (Å²) in [6.07, 6.45) is 0. The van der Waals surface area contributed by atoms with Gasteiger partial charge in [-0.05, 0) is 5.92 Å². The second-order valence-electron chi connectivity index (χ2n) is 2.38. The van der Waals surface area contributed by atoms with E-state index in [2.05, 4.69) is 7.05 Å². The third kappa shape index (κ3) is 2.58. The predicted molar refractivity (Wildman–Crippen MR) is 35.1 cm³/mol. The molecule has 0 aromatic rings. The Morgan fingerprint density at radius 1 is 1.67 bits per heavy atom. The molecular formula is C6H14N2O. The SMILES string of the molecule is [CH2-][NH2+]C(=O)[C@@H](N)C(C)C. The normalized spacial score (nSPS) is 13.9. The fourth-order valence-corrected chi connectivity index (χ4v) is 0.465. The molecule has 1 atom stereocenters. The van der Waals surface area contributed by atoms with Gasteiger partial charge in [0.1, 0.15) is 6.04 Å². The number of rotatable bonds is 2. The zero-order valence-corrected chi connectivity index (χ0v) is 5.92. The summed E-state index contributed by atoms with van der Waals surface area (Å²) < 4.78 is 0. The number of hydrogen-bond acceptors (Lipinski definition) is 2. The second-order valence-corrected chi connectivity index (χ2v) is 2.38. The van der Waals surface area contributed by atoms with Crippen molar-refractivity contribution >= 4 is 5.91 Å². The first kappa shape index (κ1) is 8.59. The molecule has 0 aliphatic heterocycles. The minimum absolute atomic E-state index is 0.0787. The molecule has 0 saturated heterocycles. The maximum atomic E-state index is 10.7. The first-order chi connectivity index (χ1) is 4.09. The molecule has 0 spiro atoms. The van der Waals surface area contributed by atoms with Gasteiger partial charge >= 0.3 is 5.91 Å². The Kier molecular flexibility index (Phi) is 3.42. The molecule has 0 aliphatic rings. The lowest BCUT2D eigenvalue weighted by atomic mass is 10.1. The lowest BCUT2D eigenvalue weighted by Gasteiger charge is -2.11. The molecule has 0 saturated carbocycles. The topological polar surface area (TPSA) is 59.7 Å². The molecular weight excluding hydrogens is 116 g/mol. The highest BCUT2D eigenvalue weighted by Crippen LogP contribution is 1.94. The summed E-state index contributed by atoms with van der Waals surface area (Å²) >= 11 is 0. The van der Waals surface area contributed by atoms with Crippen molar-refractivity contribution in [2.45, 2.75) is 19.9 Å². The van der Waals surface area contributed by atoms with Crippen molar-refractivity contribution in [3.8, 4) is 0 Å². The number of amides is 1. The summed E-state index contributed by atoms with van der Waals surface area (Å²) in [5.41, 5.74) is 5.45. The van der Waals surface area contributed by atoms with Gasteiger partial charge in [0.25, 0.3) is 0 Å².